The number of aromatic nitrogens is 3. The molecule has 3 aromatic rings. The van der Waals surface area contributed by atoms with Crippen LogP contribution < -0.4 is 14.2 Å². The maximum atomic E-state index is 12.9. The van der Waals surface area contributed by atoms with Crippen molar-refractivity contribution in [1.29, 1.82) is 0 Å². The third-order valence-electron chi connectivity index (χ3n) is 6.24. The fourth-order valence-corrected chi connectivity index (χ4v) is 4.64. The van der Waals surface area contributed by atoms with Crippen LogP contribution in [0.5, 0.6) is 17.4 Å². The van der Waals surface area contributed by atoms with Gasteiger partial charge in [-0.05, 0) is 80.0 Å². The van der Waals surface area contributed by atoms with Crippen molar-refractivity contribution in [1.82, 2.24) is 15.0 Å². The molecule has 1 aliphatic rings. The summed E-state index contributed by atoms with van der Waals surface area (Å²) < 4.78 is 61.0. The van der Waals surface area contributed by atoms with Crippen LogP contribution in [0.4, 0.5) is 13.2 Å². The standard InChI is InChI=1S/C26H27ClF3N3O5/c1-3-36-25(34)23-24(33(32-31-23)15-16-4-9-19(35-2)10-5-16)37-20-11-6-17(7-12-20)21-14-18(27)8-13-22(21)38-26(28,29)30/h4-5,8-10,13-14,17,20H,3,6-7,11-12,15H2,1-2H3. The molecule has 0 amide bonds. The Morgan fingerprint density at radius 1 is 1.11 bits per heavy atom. The van der Waals surface area contributed by atoms with E-state index in [1.807, 2.05) is 24.3 Å². The summed E-state index contributed by atoms with van der Waals surface area (Å²) in [6.45, 7) is 2.15. The second kappa shape index (κ2) is 11.9. The van der Waals surface area contributed by atoms with E-state index >= 15 is 0 Å². The second-order valence-electron chi connectivity index (χ2n) is 8.79. The highest BCUT2D eigenvalue weighted by molar-refractivity contribution is 6.30. The Hall–Kier alpha value is -3.47. The fourth-order valence-electron chi connectivity index (χ4n) is 4.46. The van der Waals surface area contributed by atoms with Crippen LogP contribution in [-0.2, 0) is 11.3 Å². The number of hydrogen-bond donors (Lipinski definition) is 0. The Kier molecular flexibility index (Phi) is 8.65. The van der Waals surface area contributed by atoms with Gasteiger partial charge in [0, 0.05) is 5.02 Å². The molecule has 0 unspecified atom stereocenters. The number of benzene rings is 2. The molecule has 38 heavy (non-hydrogen) atoms. The van der Waals surface area contributed by atoms with Crippen molar-refractivity contribution in [3.8, 4) is 17.4 Å². The number of hydrogen-bond acceptors (Lipinski definition) is 7. The van der Waals surface area contributed by atoms with Crippen molar-refractivity contribution >= 4 is 17.6 Å². The first-order valence-corrected chi connectivity index (χ1v) is 12.5. The lowest BCUT2D eigenvalue weighted by molar-refractivity contribution is -0.275. The van der Waals surface area contributed by atoms with Gasteiger partial charge in [-0.25, -0.2) is 9.48 Å². The molecule has 1 aliphatic carbocycles. The van der Waals surface area contributed by atoms with Crippen LogP contribution >= 0.6 is 11.6 Å². The minimum Gasteiger partial charge on any atom is -0.497 e. The van der Waals surface area contributed by atoms with Crippen LogP contribution in [0.2, 0.25) is 5.02 Å². The highest BCUT2D eigenvalue weighted by Gasteiger charge is 2.35. The number of alkyl halides is 3. The van der Waals surface area contributed by atoms with Gasteiger partial charge in [-0.1, -0.05) is 28.9 Å². The second-order valence-corrected chi connectivity index (χ2v) is 9.23. The molecule has 0 radical (unpaired) electrons. The van der Waals surface area contributed by atoms with Gasteiger partial charge in [-0.15, -0.1) is 18.3 Å². The quantitative estimate of drug-likeness (QED) is 0.293. The number of carbonyl (C=O) groups excluding carboxylic acids is 1. The van der Waals surface area contributed by atoms with E-state index < -0.39 is 12.3 Å². The molecule has 1 heterocycles. The summed E-state index contributed by atoms with van der Waals surface area (Å²) in [5.74, 6) is -0.205. The molecule has 1 fully saturated rings. The number of halogens is 4. The molecule has 1 aromatic heterocycles. The van der Waals surface area contributed by atoms with Crippen LogP contribution in [0.25, 0.3) is 0 Å². The minimum atomic E-state index is -4.80. The smallest absolute Gasteiger partial charge is 0.497 e. The Bertz CT molecular complexity index is 1240. The van der Waals surface area contributed by atoms with Gasteiger partial charge in [0.25, 0.3) is 0 Å². The Balaban J connectivity index is 1.50. The molecule has 0 N–H and O–H groups in total. The number of rotatable bonds is 9. The van der Waals surface area contributed by atoms with Crippen LogP contribution in [0.3, 0.4) is 0 Å². The Labute approximate surface area is 222 Å². The van der Waals surface area contributed by atoms with Gasteiger partial charge >= 0.3 is 12.3 Å². The lowest BCUT2D eigenvalue weighted by Crippen LogP contribution is -2.26. The lowest BCUT2D eigenvalue weighted by Gasteiger charge is -2.30. The van der Waals surface area contributed by atoms with Crippen LogP contribution in [0.15, 0.2) is 42.5 Å². The molecule has 0 atom stereocenters. The predicted molar refractivity (Wildman–Crippen MR) is 132 cm³/mol. The molecule has 8 nitrogen and oxygen atoms in total. The number of esters is 1. The number of ether oxygens (including phenoxy) is 4. The Morgan fingerprint density at radius 3 is 2.45 bits per heavy atom. The predicted octanol–water partition coefficient (Wildman–Crippen LogP) is 6.17. The summed E-state index contributed by atoms with van der Waals surface area (Å²) in [4.78, 5) is 12.5. The SMILES string of the molecule is CCOC(=O)c1nnn(Cc2ccc(OC)cc2)c1OC1CCC(c2cc(Cl)ccc2OC(F)(F)F)CC1. The fraction of sp³-hybridized carbons (Fsp3) is 0.423. The zero-order valence-electron chi connectivity index (χ0n) is 20.8. The summed E-state index contributed by atoms with van der Waals surface area (Å²) in [7, 11) is 1.58. The topological polar surface area (TPSA) is 84.7 Å². The average molecular weight is 554 g/mol. The van der Waals surface area contributed by atoms with E-state index in [1.165, 1.54) is 22.9 Å². The molecule has 4 rings (SSSR count). The summed E-state index contributed by atoms with van der Waals surface area (Å²) >= 11 is 6.08. The molecule has 2 aromatic carbocycles. The molecular formula is C26H27ClF3N3O5. The lowest BCUT2D eigenvalue weighted by atomic mass is 9.82. The van der Waals surface area contributed by atoms with Crippen molar-refractivity contribution in [2.75, 3.05) is 13.7 Å². The van der Waals surface area contributed by atoms with Crippen molar-refractivity contribution in [3.63, 3.8) is 0 Å². The molecule has 12 heteroatoms. The van der Waals surface area contributed by atoms with Crippen molar-refractivity contribution in [2.24, 2.45) is 0 Å². The minimum absolute atomic E-state index is 0.0295. The highest BCUT2D eigenvalue weighted by Crippen LogP contribution is 2.41. The first kappa shape index (κ1) is 27.6. The maximum Gasteiger partial charge on any atom is 0.573 e. The van der Waals surface area contributed by atoms with Gasteiger partial charge < -0.3 is 18.9 Å². The third-order valence-corrected chi connectivity index (χ3v) is 6.47. The average Bonchev–Trinajstić information content (AvgIpc) is 3.27. The highest BCUT2D eigenvalue weighted by atomic mass is 35.5. The van der Waals surface area contributed by atoms with E-state index in [-0.39, 0.29) is 36.0 Å². The van der Waals surface area contributed by atoms with Gasteiger partial charge in [0.05, 0.1) is 20.3 Å². The number of nitrogens with zero attached hydrogens (tertiary/aromatic N) is 3. The summed E-state index contributed by atoms with van der Waals surface area (Å²) in [5, 5.41) is 8.45. The first-order chi connectivity index (χ1) is 18.2. The molecule has 0 saturated heterocycles. The van der Waals surface area contributed by atoms with Crippen LogP contribution in [-0.4, -0.2) is 47.1 Å². The molecule has 1 saturated carbocycles. The maximum absolute atomic E-state index is 12.9. The van der Waals surface area contributed by atoms with Gasteiger partial charge in [0.1, 0.15) is 17.6 Å². The normalized spacial score (nSPS) is 17.6. The molecule has 204 valence electrons. The van der Waals surface area contributed by atoms with E-state index in [9.17, 15) is 18.0 Å². The van der Waals surface area contributed by atoms with E-state index in [4.69, 9.17) is 25.8 Å². The van der Waals surface area contributed by atoms with Gasteiger partial charge in [0.15, 0.2) is 0 Å². The van der Waals surface area contributed by atoms with E-state index in [0.29, 0.717) is 48.6 Å². The number of carbonyl (C=O) groups is 1. The largest absolute Gasteiger partial charge is 0.573 e. The molecular weight excluding hydrogens is 527 g/mol. The van der Waals surface area contributed by atoms with Crippen molar-refractivity contribution < 1.29 is 36.9 Å². The van der Waals surface area contributed by atoms with E-state index in [0.717, 1.165) is 5.56 Å². The van der Waals surface area contributed by atoms with Gasteiger partial charge in [-0.3, -0.25) is 0 Å². The zero-order valence-corrected chi connectivity index (χ0v) is 21.6. The third kappa shape index (κ3) is 6.89. The van der Waals surface area contributed by atoms with Crippen LogP contribution in [0.1, 0.15) is 60.1 Å². The van der Waals surface area contributed by atoms with Gasteiger partial charge in [0.2, 0.25) is 11.6 Å². The summed E-state index contributed by atoms with van der Waals surface area (Å²) in [5.41, 5.74) is 1.27. The van der Waals surface area contributed by atoms with Crippen molar-refractivity contribution in [2.45, 2.75) is 57.5 Å². The monoisotopic (exact) mass is 553 g/mol. The first-order valence-electron chi connectivity index (χ1n) is 12.1. The summed E-state index contributed by atoms with van der Waals surface area (Å²) in [6, 6.07) is 11.5. The van der Waals surface area contributed by atoms with E-state index in [2.05, 4.69) is 15.0 Å². The zero-order chi connectivity index (χ0) is 27.3. The number of methoxy groups -OCH3 is 1. The Morgan fingerprint density at radius 2 is 1.82 bits per heavy atom. The van der Waals surface area contributed by atoms with Crippen molar-refractivity contribution in [3.05, 3.63) is 64.3 Å². The van der Waals surface area contributed by atoms with E-state index in [1.54, 1.807) is 14.0 Å². The van der Waals surface area contributed by atoms with Gasteiger partial charge in [-0.2, -0.15) is 0 Å². The van der Waals surface area contributed by atoms with Crippen LogP contribution in [0, 0.1) is 0 Å². The molecule has 0 spiro atoms. The summed E-state index contributed by atoms with van der Waals surface area (Å²) in [6.07, 6.45) is -2.99. The molecule has 0 aliphatic heterocycles. The molecule has 0 bridgehead atoms.